The van der Waals surface area contributed by atoms with Gasteiger partial charge in [0.25, 0.3) is 0 Å². The Morgan fingerprint density at radius 1 is 1.19 bits per heavy atom. The number of nitrogens with one attached hydrogen (secondary N) is 1. The minimum Gasteiger partial charge on any atom is -0.490 e. The lowest BCUT2D eigenvalue weighted by Gasteiger charge is -2.15. The quantitative estimate of drug-likeness (QED) is 0.769. The Hall–Kier alpha value is -1.22. The van der Waals surface area contributed by atoms with Gasteiger partial charge in [0.15, 0.2) is 11.5 Å². The fraction of sp³-hybridized carbons (Fsp3) is 0.538. The Morgan fingerprint density at radius 3 is 2.38 bits per heavy atom. The van der Waals surface area contributed by atoms with Gasteiger partial charge in [0.2, 0.25) is 0 Å². The van der Waals surface area contributed by atoms with Gasteiger partial charge in [0.1, 0.15) is 0 Å². The summed E-state index contributed by atoms with van der Waals surface area (Å²) in [6, 6.07) is 7.79. The van der Waals surface area contributed by atoms with Crippen molar-refractivity contribution < 1.29 is 9.47 Å². The van der Waals surface area contributed by atoms with Crippen molar-refractivity contribution in [3.63, 3.8) is 0 Å². The molecule has 0 aliphatic rings. The Morgan fingerprint density at radius 2 is 1.81 bits per heavy atom. The van der Waals surface area contributed by atoms with E-state index >= 15 is 0 Å². The van der Waals surface area contributed by atoms with Gasteiger partial charge in [-0.05, 0) is 26.1 Å². The molecule has 1 rings (SSSR count). The van der Waals surface area contributed by atoms with E-state index in [9.17, 15) is 0 Å². The molecule has 0 aromatic heterocycles. The van der Waals surface area contributed by atoms with Crippen LogP contribution in [0.5, 0.6) is 11.5 Å². The first-order valence-corrected chi connectivity index (χ1v) is 5.77. The lowest BCUT2D eigenvalue weighted by atomic mass is 10.2. The zero-order valence-electron chi connectivity index (χ0n) is 10.3. The molecule has 90 valence electrons. The summed E-state index contributed by atoms with van der Waals surface area (Å²) in [5.74, 6) is 2.13. The molecule has 0 unspecified atom stereocenters. The topological polar surface area (TPSA) is 30.5 Å². The molecule has 16 heavy (non-hydrogen) atoms. The van der Waals surface area contributed by atoms with E-state index in [1.807, 2.05) is 38.2 Å². The molecular weight excluding hydrogens is 202 g/mol. The van der Waals surface area contributed by atoms with Crippen LogP contribution in [0.15, 0.2) is 24.3 Å². The maximum atomic E-state index is 5.74. The van der Waals surface area contributed by atoms with Crippen LogP contribution in [0.25, 0.3) is 0 Å². The lowest BCUT2D eigenvalue weighted by Crippen LogP contribution is -2.21. The minimum absolute atomic E-state index is 0.486. The standard InChI is InChI=1S/C13H21NO2/c1-4-15-12-7-5-6-8-13(12)16-10-11(2)9-14-3/h5-8,11,14H,4,9-10H2,1-3H3/t11-/m0/s1. The first-order valence-electron chi connectivity index (χ1n) is 5.77. The van der Waals surface area contributed by atoms with Crippen LogP contribution in [0.4, 0.5) is 0 Å². The molecule has 1 aromatic carbocycles. The third-order valence-corrected chi connectivity index (χ3v) is 2.22. The van der Waals surface area contributed by atoms with Crippen LogP contribution in [0.3, 0.4) is 0 Å². The molecule has 3 heteroatoms. The third kappa shape index (κ3) is 4.11. The Labute approximate surface area is 97.8 Å². The van der Waals surface area contributed by atoms with Gasteiger partial charge in [-0.25, -0.2) is 0 Å². The molecule has 0 radical (unpaired) electrons. The van der Waals surface area contributed by atoms with Crippen molar-refractivity contribution in [3.8, 4) is 11.5 Å². The van der Waals surface area contributed by atoms with Gasteiger partial charge in [-0.2, -0.15) is 0 Å². The van der Waals surface area contributed by atoms with Crippen molar-refractivity contribution in [2.75, 3.05) is 26.8 Å². The molecule has 1 N–H and O–H groups in total. The Balaban J connectivity index is 2.52. The van der Waals surface area contributed by atoms with Crippen LogP contribution < -0.4 is 14.8 Å². The van der Waals surface area contributed by atoms with Crippen molar-refractivity contribution in [1.29, 1.82) is 0 Å². The molecule has 3 nitrogen and oxygen atoms in total. The molecule has 1 aromatic rings. The summed E-state index contributed by atoms with van der Waals surface area (Å²) >= 11 is 0. The summed E-state index contributed by atoms with van der Waals surface area (Å²) in [7, 11) is 1.95. The van der Waals surface area contributed by atoms with Crippen molar-refractivity contribution in [2.24, 2.45) is 5.92 Å². The normalized spacial score (nSPS) is 12.2. The van der Waals surface area contributed by atoms with Gasteiger partial charge in [-0.15, -0.1) is 0 Å². The van der Waals surface area contributed by atoms with Crippen molar-refractivity contribution in [2.45, 2.75) is 13.8 Å². The lowest BCUT2D eigenvalue weighted by molar-refractivity contribution is 0.239. The molecule has 0 heterocycles. The van der Waals surface area contributed by atoms with Crippen LogP contribution >= 0.6 is 0 Å². The predicted octanol–water partition coefficient (Wildman–Crippen LogP) is 2.32. The van der Waals surface area contributed by atoms with Gasteiger partial charge in [0, 0.05) is 12.5 Å². The average molecular weight is 223 g/mol. The van der Waals surface area contributed by atoms with E-state index in [4.69, 9.17) is 9.47 Å². The van der Waals surface area contributed by atoms with E-state index in [1.165, 1.54) is 0 Å². The third-order valence-electron chi connectivity index (χ3n) is 2.22. The monoisotopic (exact) mass is 223 g/mol. The molecule has 0 fully saturated rings. The second-order valence-corrected chi connectivity index (χ2v) is 3.85. The first-order chi connectivity index (χ1) is 7.77. The number of hydrogen-bond donors (Lipinski definition) is 1. The molecule has 0 spiro atoms. The number of hydrogen-bond acceptors (Lipinski definition) is 3. The zero-order chi connectivity index (χ0) is 11.8. The zero-order valence-corrected chi connectivity index (χ0v) is 10.3. The predicted molar refractivity (Wildman–Crippen MR) is 66.2 cm³/mol. The highest BCUT2D eigenvalue weighted by Gasteiger charge is 2.06. The maximum absolute atomic E-state index is 5.74. The SMILES string of the molecule is CCOc1ccccc1OC[C@@H](C)CNC. The van der Waals surface area contributed by atoms with Crippen molar-refractivity contribution in [1.82, 2.24) is 5.32 Å². The average Bonchev–Trinajstić information content (AvgIpc) is 2.29. The summed E-state index contributed by atoms with van der Waals surface area (Å²) in [5, 5.41) is 3.13. The van der Waals surface area contributed by atoms with Crippen molar-refractivity contribution >= 4 is 0 Å². The number of benzene rings is 1. The minimum atomic E-state index is 0.486. The molecular formula is C13H21NO2. The molecule has 0 aliphatic carbocycles. The molecule has 0 aliphatic heterocycles. The first kappa shape index (κ1) is 12.8. The second-order valence-electron chi connectivity index (χ2n) is 3.85. The van der Waals surface area contributed by atoms with E-state index in [-0.39, 0.29) is 0 Å². The van der Waals surface area contributed by atoms with Gasteiger partial charge < -0.3 is 14.8 Å². The number of ether oxygens (including phenoxy) is 2. The van der Waals surface area contributed by atoms with E-state index in [1.54, 1.807) is 0 Å². The molecule has 0 bridgehead atoms. The van der Waals surface area contributed by atoms with E-state index < -0.39 is 0 Å². The summed E-state index contributed by atoms with van der Waals surface area (Å²) in [5.41, 5.74) is 0. The molecule has 0 saturated heterocycles. The summed E-state index contributed by atoms with van der Waals surface area (Å²) in [6.07, 6.45) is 0. The van der Waals surface area contributed by atoms with Crippen LogP contribution in [-0.4, -0.2) is 26.8 Å². The van der Waals surface area contributed by atoms with Crippen LogP contribution in [-0.2, 0) is 0 Å². The highest BCUT2D eigenvalue weighted by atomic mass is 16.5. The maximum Gasteiger partial charge on any atom is 0.161 e. The van der Waals surface area contributed by atoms with Crippen LogP contribution in [0.1, 0.15) is 13.8 Å². The summed E-state index contributed by atoms with van der Waals surface area (Å²) < 4.78 is 11.2. The van der Waals surface area contributed by atoms with Gasteiger partial charge in [-0.3, -0.25) is 0 Å². The number of para-hydroxylation sites is 2. The Bertz CT molecular complexity index is 302. The highest BCUT2D eigenvalue weighted by molar-refractivity contribution is 5.39. The van der Waals surface area contributed by atoms with Gasteiger partial charge in [-0.1, -0.05) is 19.1 Å². The van der Waals surface area contributed by atoms with E-state index in [0.29, 0.717) is 19.1 Å². The van der Waals surface area contributed by atoms with E-state index in [2.05, 4.69) is 12.2 Å². The summed E-state index contributed by atoms with van der Waals surface area (Å²) in [4.78, 5) is 0. The van der Waals surface area contributed by atoms with Crippen molar-refractivity contribution in [3.05, 3.63) is 24.3 Å². The highest BCUT2D eigenvalue weighted by Crippen LogP contribution is 2.26. The van der Waals surface area contributed by atoms with Crippen LogP contribution in [0, 0.1) is 5.92 Å². The smallest absolute Gasteiger partial charge is 0.161 e. The largest absolute Gasteiger partial charge is 0.490 e. The summed E-state index contributed by atoms with van der Waals surface area (Å²) in [6.45, 7) is 6.44. The molecule has 0 saturated carbocycles. The Kier molecular flexibility index (Phi) is 5.72. The molecule has 0 amide bonds. The fourth-order valence-electron chi connectivity index (χ4n) is 1.48. The second kappa shape index (κ2) is 7.12. The van der Waals surface area contributed by atoms with Crippen LogP contribution in [0.2, 0.25) is 0 Å². The fourth-order valence-corrected chi connectivity index (χ4v) is 1.48. The van der Waals surface area contributed by atoms with Gasteiger partial charge in [0.05, 0.1) is 13.2 Å². The van der Waals surface area contributed by atoms with E-state index in [0.717, 1.165) is 18.0 Å². The molecule has 1 atom stereocenters. The number of rotatable bonds is 7. The van der Waals surface area contributed by atoms with Gasteiger partial charge >= 0.3 is 0 Å².